The van der Waals surface area contributed by atoms with Gasteiger partial charge in [0, 0.05) is 37.3 Å². The molecule has 1 aliphatic heterocycles. The van der Waals surface area contributed by atoms with E-state index in [1.54, 1.807) is 12.0 Å². The van der Waals surface area contributed by atoms with Crippen LogP contribution in [0.4, 0.5) is 5.69 Å². The highest BCUT2D eigenvalue weighted by atomic mass is 16.5. The van der Waals surface area contributed by atoms with Gasteiger partial charge in [0.05, 0.1) is 7.11 Å². The van der Waals surface area contributed by atoms with Gasteiger partial charge in [-0.2, -0.15) is 0 Å². The van der Waals surface area contributed by atoms with Gasteiger partial charge in [-0.3, -0.25) is 9.59 Å². The van der Waals surface area contributed by atoms with E-state index in [4.69, 9.17) is 9.47 Å². The Kier molecular flexibility index (Phi) is 5.69. The van der Waals surface area contributed by atoms with Crippen molar-refractivity contribution < 1.29 is 19.1 Å². The van der Waals surface area contributed by atoms with Crippen LogP contribution in [-0.2, 0) is 16.1 Å². The Morgan fingerprint density at radius 3 is 2.59 bits per heavy atom. The molecular weight excluding hydrogens is 368 g/mol. The second-order valence-corrected chi connectivity index (χ2v) is 7.54. The fourth-order valence-corrected chi connectivity index (χ4v) is 3.63. The highest BCUT2D eigenvalue weighted by Gasteiger charge is 2.32. The summed E-state index contributed by atoms with van der Waals surface area (Å²) in [5, 5.41) is 0. The number of rotatable bonds is 8. The van der Waals surface area contributed by atoms with Crippen LogP contribution >= 0.6 is 0 Å². The van der Waals surface area contributed by atoms with Gasteiger partial charge < -0.3 is 19.3 Å². The average Bonchev–Trinajstić information content (AvgIpc) is 3.50. The fraction of sp³-hybridized carbons (Fsp3) is 0.391. The molecule has 2 aliphatic rings. The van der Waals surface area contributed by atoms with Gasteiger partial charge >= 0.3 is 0 Å². The van der Waals surface area contributed by atoms with Crippen LogP contribution < -0.4 is 14.4 Å². The van der Waals surface area contributed by atoms with Crippen molar-refractivity contribution in [3.05, 3.63) is 54.1 Å². The molecule has 1 aliphatic carbocycles. The third-order valence-corrected chi connectivity index (χ3v) is 5.38. The van der Waals surface area contributed by atoms with Crippen molar-refractivity contribution in [3.63, 3.8) is 0 Å². The van der Waals surface area contributed by atoms with E-state index in [-0.39, 0.29) is 18.4 Å². The maximum absolute atomic E-state index is 12.8. The molecule has 0 radical (unpaired) electrons. The van der Waals surface area contributed by atoms with E-state index in [0.717, 1.165) is 42.8 Å². The number of carbonyl (C=O) groups is 2. The van der Waals surface area contributed by atoms with Gasteiger partial charge in [-0.15, -0.1) is 0 Å². The lowest BCUT2D eigenvalue weighted by atomic mass is 10.2. The van der Waals surface area contributed by atoms with Gasteiger partial charge in [0.15, 0.2) is 6.61 Å². The molecule has 2 fully saturated rings. The highest BCUT2D eigenvalue weighted by molar-refractivity contribution is 5.95. The molecule has 0 aromatic heterocycles. The monoisotopic (exact) mass is 394 g/mol. The van der Waals surface area contributed by atoms with Crippen molar-refractivity contribution in [1.29, 1.82) is 0 Å². The van der Waals surface area contributed by atoms with E-state index in [2.05, 4.69) is 0 Å². The quantitative estimate of drug-likeness (QED) is 0.689. The lowest BCUT2D eigenvalue weighted by Gasteiger charge is -2.23. The molecular formula is C23H26N2O4. The predicted octanol–water partition coefficient (Wildman–Crippen LogP) is 3.39. The summed E-state index contributed by atoms with van der Waals surface area (Å²) in [7, 11) is 1.64. The third-order valence-electron chi connectivity index (χ3n) is 5.38. The fourth-order valence-electron chi connectivity index (χ4n) is 3.63. The molecule has 2 aromatic rings. The molecule has 1 saturated heterocycles. The standard InChI is InChI=1S/C23H26N2O4/c1-28-20-11-7-17(8-12-20)15-25(18-9-10-18)23(27)16-29-21-5-2-4-19(14-21)24-13-3-6-22(24)26/h2,4-5,7-8,11-12,14,18H,3,6,9-10,13,15-16H2,1H3. The third kappa shape index (κ3) is 4.70. The van der Waals surface area contributed by atoms with Crippen molar-refractivity contribution in [3.8, 4) is 11.5 Å². The van der Waals surface area contributed by atoms with E-state index in [0.29, 0.717) is 24.8 Å². The first-order valence-corrected chi connectivity index (χ1v) is 10.1. The number of methoxy groups -OCH3 is 1. The molecule has 0 spiro atoms. The zero-order valence-electron chi connectivity index (χ0n) is 16.7. The summed E-state index contributed by atoms with van der Waals surface area (Å²) in [6, 6.07) is 15.5. The van der Waals surface area contributed by atoms with Crippen molar-refractivity contribution >= 4 is 17.5 Å². The maximum atomic E-state index is 12.8. The van der Waals surface area contributed by atoms with Crippen LogP contribution in [0, 0.1) is 0 Å². The lowest BCUT2D eigenvalue weighted by molar-refractivity contribution is -0.134. The van der Waals surface area contributed by atoms with Crippen LogP contribution in [0.3, 0.4) is 0 Å². The molecule has 0 N–H and O–H groups in total. The zero-order chi connectivity index (χ0) is 20.2. The first-order chi connectivity index (χ1) is 14.1. The molecule has 152 valence electrons. The van der Waals surface area contributed by atoms with Gasteiger partial charge in [0.25, 0.3) is 5.91 Å². The van der Waals surface area contributed by atoms with E-state index < -0.39 is 0 Å². The van der Waals surface area contributed by atoms with E-state index in [1.807, 2.05) is 53.4 Å². The zero-order valence-corrected chi connectivity index (χ0v) is 16.7. The number of hydrogen-bond acceptors (Lipinski definition) is 4. The summed E-state index contributed by atoms with van der Waals surface area (Å²) in [5.74, 6) is 1.53. The largest absolute Gasteiger partial charge is 0.497 e. The Morgan fingerprint density at radius 1 is 1.14 bits per heavy atom. The normalized spacial score (nSPS) is 16.0. The minimum absolute atomic E-state index is 0.00987. The molecule has 2 amide bonds. The molecule has 1 saturated carbocycles. The van der Waals surface area contributed by atoms with Crippen molar-refractivity contribution in [2.45, 2.75) is 38.3 Å². The Morgan fingerprint density at radius 2 is 1.93 bits per heavy atom. The van der Waals surface area contributed by atoms with Crippen LogP contribution in [0.15, 0.2) is 48.5 Å². The van der Waals surface area contributed by atoms with E-state index >= 15 is 0 Å². The van der Waals surface area contributed by atoms with Gasteiger partial charge in [-0.1, -0.05) is 18.2 Å². The van der Waals surface area contributed by atoms with Gasteiger partial charge in [0.2, 0.25) is 5.91 Å². The van der Waals surface area contributed by atoms with Crippen LogP contribution in [-0.4, -0.2) is 43.0 Å². The summed E-state index contributed by atoms with van der Waals surface area (Å²) >= 11 is 0. The van der Waals surface area contributed by atoms with Crippen LogP contribution in [0.25, 0.3) is 0 Å². The molecule has 0 unspecified atom stereocenters. The highest BCUT2D eigenvalue weighted by Crippen LogP contribution is 2.29. The van der Waals surface area contributed by atoms with Crippen LogP contribution in [0.1, 0.15) is 31.2 Å². The van der Waals surface area contributed by atoms with Gasteiger partial charge in [0.1, 0.15) is 11.5 Å². The molecule has 0 bridgehead atoms. The van der Waals surface area contributed by atoms with Gasteiger partial charge in [-0.25, -0.2) is 0 Å². The molecule has 4 rings (SSSR count). The number of nitrogens with zero attached hydrogens (tertiary/aromatic N) is 2. The van der Waals surface area contributed by atoms with Crippen molar-refractivity contribution in [2.75, 3.05) is 25.2 Å². The Balaban J connectivity index is 1.37. The predicted molar refractivity (Wildman–Crippen MR) is 110 cm³/mol. The smallest absolute Gasteiger partial charge is 0.261 e. The molecule has 6 nitrogen and oxygen atoms in total. The first-order valence-electron chi connectivity index (χ1n) is 10.1. The number of amides is 2. The summed E-state index contributed by atoms with van der Waals surface area (Å²) in [4.78, 5) is 28.5. The summed E-state index contributed by atoms with van der Waals surface area (Å²) in [6.45, 7) is 1.29. The number of benzene rings is 2. The van der Waals surface area contributed by atoms with Crippen molar-refractivity contribution in [2.24, 2.45) is 0 Å². The van der Waals surface area contributed by atoms with E-state index in [9.17, 15) is 9.59 Å². The van der Waals surface area contributed by atoms with Gasteiger partial charge in [-0.05, 0) is 49.1 Å². The second kappa shape index (κ2) is 8.55. The average molecular weight is 394 g/mol. The molecule has 29 heavy (non-hydrogen) atoms. The second-order valence-electron chi connectivity index (χ2n) is 7.54. The number of anilines is 1. The Bertz CT molecular complexity index is 877. The van der Waals surface area contributed by atoms with Crippen LogP contribution in [0.5, 0.6) is 11.5 Å². The summed E-state index contributed by atoms with van der Waals surface area (Å²) in [6.07, 6.45) is 3.54. The number of hydrogen-bond donors (Lipinski definition) is 0. The minimum atomic E-state index is -0.0222. The molecule has 0 atom stereocenters. The topological polar surface area (TPSA) is 59.1 Å². The molecule has 2 aromatic carbocycles. The first kappa shape index (κ1) is 19.3. The van der Waals surface area contributed by atoms with Crippen LogP contribution in [0.2, 0.25) is 0 Å². The molecule has 6 heteroatoms. The Hall–Kier alpha value is -3.02. The minimum Gasteiger partial charge on any atom is -0.497 e. The number of ether oxygens (including phenoxy) is 2. The lowest BCUT2D eigenvalue weighted by Crippen LogP contribution is -2.36. The number of carbonyl (C=O) groups excluding carboxylic acids is 2. The maximum Gasteiger partial charge on any atom is 0.261 e. The molecule has 1 heterocycles. The summed E-state index contributed by atoms with van der Waals surface area (Å²) < 4.78 is 11.0. The summed E-state index contributed by atoms with van der Waals surface area (Å²) in [5.41, 5.74) is 1.90. The Labute approximate surface area is 171 Å². The van der Waals surface area contributed by atoms with Crippen molar-refractivity contribution in [1.82, 2.24) is 4.90 Å². The SMILES string of the molecule is COc1ccc(CN(C(=O)COc2cccc(N3CCCC3=O)c2)C2CC2)cc1. The van der Waals surface area contributed by atoms with E-state index in [1.165, 1.54) is 0 Å².